The van der Waals surface area contributed by atoms with Crippen LogP contribution in [0.4, 0.5) is 0 Å². The molecule has 1 aromatic rings. The first kappa shape index (κ1) is 19.8. The van der Waals surface area contributed by atoms with Gasteiger partial charge in [0.05, 0.1) is 4.90 Å². The summed E-state index contributed by atoms with van der Waals surface area (Å²) < 4.78 is 26.8. The van der Waals surface area contributed by atoms with Crippen LogP contribution in [0.2, 0.25) is 0 Å². The van der Waals surface area contributed by atoms with Gasteiger partial charge in [0.15, 0.2) is 0 Å². The molecule has 1 aliphatic carbocycles. The van der Waals surface area contributed by atoms with Crippen molar-refractivity contribution in [3.05, 3.63) is 29.8 Å². The van der Waals surface area contributed by atoms with E-state index >= 15 is 0 Å². The molecular weight excluding hydrogens is 368 g/mol. The monoisotopic (exact) mass is 394 g/mol. The van der Waals surface area contributed by atoms with Crippen LogP contribution in [0.3, 0.4) is 0 Å². The Hall–Kier alpha value is -1.93. The molecular formula is C19H26N2O5S. The van der Waals surface area contributed by atoms with E-state index in [-0.39, 0.29) is 23.1 Å². The third-order valence-corrected chi connectivity index (χ3v) is 7.11. The van der Waals surface area contributed by atoms with E-state index in [4.69, 9.17) is 5.11 Å². The Balaban J connectivity index is 1.54. The van der Waals surface area contributed by atoms with Crippen LogP contribution in [0.15, 0.2) is 29.2 Å². The number of carboxylic acids is 1. The number of hydrogen-bond donors (Lipinski definition) is 2. The summed E-state index contributed by atoms with van der Waals surface area (Å²) in [6, 6.07) is 5.82. The van der Waals surface area contributed by atoms with E-state index in [2.05, 4.69) is 5.32 Å². The molecule has 7 nitrogen and oxygen atoms in total. The first-order chi connectivity index (χ1) is 12.9. The molecule has 1 atom stereocenters. The van der Waals surface area contributed by atoms with Gasteiger partial charge in [-0.3, -0.25) is 4.79 Å². The highest BCUT2D eigenvalue weighted by Crippen LogP contribution is 2.32. The van der Waals surface area contributed by atoms with Crippen LogP contribution >= 0.6 is 0 Å². The molecule has 1 heterocycles. The summed E-state index contributed by atoms with van der Waals surface area (Å²) in [4.78, 5) is 23.5. The van der Waals surface area contributed by atoms with E-state index in [9.17, 15) is 18.0 Å². The number of carbonyl (C=O) groups excluding carboxylic acids is 1. The average molecular weight is 394 g/mol. The summed E-state index contributed by atoms with van der Waals surface area (Å²) in [7, 11) is -3.45. The Morgan fingerprint density at radius 3 is 2.30 bits per heavy atom. The van der Waals surface area contributed by atoms with Crippen molar-refractivity contribution in [1.29, 1.82) is 0 Å². The molecule has 0 bridgehead atoms. The lowest BCUT2D eigenvalue weighted by Crippen LogP contribution is -2.42. The van der Waals surface area contributed by atoms with Crippen LogP contribution in [0.5, 0.6) is 0 Å². The number of carboxylic acid groups (broad SMARTS) is 1. The lowest BCUT2D eigenvalue weighted by atomic mass is 10.1. The standard InChI is InChI=1S/C19H26N2O5S/c22-17(20-18(19(23)24)15-7-8-15)11-6-14-4-9-16(10-5-14)27(25,26)21-12-2-1-3-13-21/h4-5,9-10,15,18H,1-3,6-8,11-13H2,(H,20,22)(H,23,24). The molecule has 2 N–H and O–H groups in total. The van der Waals surface area contributed by atoms with Crippen molar-refractivity contribution in [2.24, 2.45) is 5.92 Å². The summed E-state index contributed by atoms with van der Waals surface area (Å²) in [5, 5.41) is 11.7. The maximum atomic E-state index is 12.6. The van der Waals surface area contributed by atoms with Gasteiger partial charge in [0.25, 0.3) is 0 Å². The van der Waals surface area contributed by atoms with Gasteiger partial charge in [0.1, 0.15) is 6.04 Å². The smallest absolute Gasteiger partial charge is 0.326 e. The van der Waals surface area contributed by atoms with Gasteiger partial charge in [-0.25, -0.2) is 13.2 Å². The molecule has 0 aromatic heterocycles. The first-order valence-electron chi connectivity index (χ1n) is 9.49. The number of hydrogen-bond acceptors (Lipinski definition) is 4. The van der Waals surface area contributed by atoms with E-state index in [0.717, 1.165) is 37.7 Å². The number of aryl methyl sites for hydroxylation is 1. The summed E-state index contributed by atoms with van der Waals surface area (Å²) in [5.74, 6) is -1.23. The van der Waals surface area contributed by atoms with Gasteiger partial charge < -0.3 is 10.4 Å². The summed E-state index contributed by atoms with van der Waals surface area (Å²) in [6.45, 7) is 1.13. The third-order valence-electron chi connectivity index (χ3n) is 5.19. The first-order valence-corrected chi connectivity index (χ1v) is 10.9. The number of nitrogens with one attached hydrogen (secondary N) is 1. The van der Waals surface area contributed by atoms with E-state index in [0.29, 0.717) is 19.5 Å². The van der Waals surface area contributed by atoms with Crippen LogP contribution < -0.4 is 5.32 Å². The normalized spacial score (nSPS) is 19.4. The summed E-state index contributed by atoms with van der Waals surface area (Å²) >= 11 is 0. The second-order valence-corrected chi connectivity index (χ2v) is 9.27. The van der Waals surface area contributed by atoms with Gasteiger partial charge in [0, 0.05) is 19.5 Å². The van der Waals surface area contributed by atoms with Crippen molar-refractivity contribution < 1.29 is 23.1 Å². The van der Waals surface area contributed by atoms with Crippen molar-refractivity contribution in [1.82, 2.24) is 9.62 Å². The Bertz CT molecular complexity index is 781. The highest BCUT2D eigenvalue weighted by atomic mass is 32.2. The zero-order chi connectivity index (χ0) is 19.4. The molecule has 2 fully saturated rings. The molecule has 27 heavy (non-hydrogen) atoms. The lowest BCUT2D eigenvalue weighted by Gasteiger charge is -2.25. The number of benzene rings is 1. The zero-order valence-corrected chi connectivity index (χ0v) is 16.1. The molecule has 1 amide bonds. The topological polar surface area (TPSA) is 104 Å². The molecule has 0 radical (unpaired) electrons. The number of aliphatic carboxylic acids is 1. The minimum atomic E-state index is -3.45. The van der Waals surface area contributed by atoms with Gasteiger partial charge in [-0.2, -0.15) is 4.31 Å². The van der Waals surface area contributed by atoms with Crippen LogP contribution in [0.25, 0.3) is 0 Å². The Morgan fingerprint density at radius 2 is 1.74 bits per heavy atom. The summed E-state index contributed by atoms with van der Waals surface area (Å²) in [5.41, 5.74) is 0.848. The van der Waals surface area contributed by atoms with Crippen molar-refractivity contribution in [3.63, 3.8) is 0 Å². The van der Waals surface area contributed by atoms with Crippen molar-refractivity contribution in [2.75, 3.05) is 13.1 Å². The fraction of sp³-hybridized carbons (Fsp3) is 0.579. The maximum Gasteiger partial charge on any atom is 0.326 e. The fourth-order valence-corrected chi connectivity index (χ4v) is 4.91. The lowest BCUT2D eigenvalue weighted by molar-refractivity contribution is -0.142. The highest BCUT2D eigenvalue weighted by molar-refractivity contribution is 7.89. The minimum Gasteiger partial charge on any atom is -0.480 e. The molecule has 1 saturated carbocycles. The van der Waals surface area contributed by atoms with Crippen LogP contribution in [-0.2, 0) is 26.0 Å². The van der Waals surface area contributed by atoms with Gasteiger partial charge in [-0.15, -0.1) is 0 Å². The Labute approximate surface area is 159 Å². The summed E-state index contributed by atoms with van der Waals surface area (Å²) in [6.07, 6.45) is 5.14. The van der Waals surface area contributed by atoms with E-state index in [1.807, 2.05) is 0 Å². The molecule has 0 spiro atoms. The molecule has 3 rings (SSSR count). The van der Waals surface area contributed by atoms with Gasteiger partial charge in [-0.1, -0.05) is 18.6 Å². The molecule has 1 aliphatic heterocycles. The molecule has 2 aliphatic rings. The van der Waals surface area contributed by atoms with E-state index < -0.39 is 22.0 Å². The van der Waals surface area contributed by atoms with Crippen LogP contribution in [0, 0.1) is 5.92 Å². The number of piperidine rings is 1. The van der Waals surface area contributed by atoms with Crippen molar-refractivity contribution in [2.45, 2.75) is 55.9 Å². The van der Waals surface area contributed by atoms with E-state index in [1.165, 1.54) is 4.31 Å². The molecule has 8 heteroatoms. The largest absolute Gasteiger partial charge is 0.480 e. The second-order valence-electron chi connectivity index (χ2n) is 7.33. The number of rotatable bonds is 8. The Kier molecular flexibility index (Phi) is 6.16. The van der Waals surface area contributed by atoms with Crippen molar-refractivity contribution >= 4 is 21.9 Å². The molecule has 1 unspecified atom stereocenters. The molecule has 1 saturated heterocycles. The van der Waals surface area contributed by atoms with E-state index in [1.54, 1.807) is 24.3 Å². The zero-order valence-electron chi connectivity index (χ0n) is 15.3. The van der Waals surface area contributed by atoms with Gasteiger partial charge in [0.2, 0.25) is 15.9 Å². The predicted octanol–water partition coefficient (Wildman–Crippen LogP) is 1.77. The van der Waals surface area contributed by atoms with Gasteiger partial charge in [-0.05, 0) is 55.7 Å². The third kappa shape index (κ3) is 5.07. The average Bonchev–Trinajstić information content (AvgIpc) is 3.50. The second kappa shape index (κ2) is 8.39. The molecule has 1 aromatic carbocycles. The Morgan fingerprint density at radius 1 is 1.11 bits per heavy atom. The quantitative estimate of drug-likeness (QED) is 0.699. The minimum absolute atomic E-state index is 0.0470. The number of amides is 1. The number of nitrogens with zero attached hydrogens (tertiary/aromatic N) is 1. The predicted molar refractivity (Wildman–Crippen MR) is 99.7 cm³/mol. The number of carbonyl (C=O) groups is 2. The van der Waals surface area contributed by atoms with Crippen LogP contribution in [0.1, 0.15) is 44.1 Å². The van der Waals surface area contributed by atoms with Crippen LogP contribution in [-0.4, -0.2) is 48.8 Å². The fourth-order valence-electron chi connectivity index (χ4n) is 3.40. The van der Waals surface area contributed by atoms with Crippen molar-refractivity contribution in [3.8, 4) is 0 Å². The van der Waals surface area contributed by atoms with Gasteiger partial charge >= 0.3 is 5.97 Å². The number of sulfonamides is 1. The highest BCUT2D eigenvalue weighted by Gasteiger charge is 2.37. The maximum absolute atomic E-state index is 12.6. The molecule has 148 valence electrons. The SMILES string of the molecule is O=C(CCc1ccc(S(=O)(=O)N2CCCCC2)cc1)NC(C(=O)O)C1CC1.